The van der Waals surface area contributed by atoms with Crippen molar-refractivity contribution >= 4 is 11.4 Å². The van der Waals surface area contributed by atoms with Gasteiger partial charge in [0.1, 0.15) is 5.75 Å². The highest BCUT2D eigenvalue weighted by Crippen LogP contribution is 2.32. The molecule has 7 heteroatoms. The monoisotopic (exact) mass is 305 g/mol. The molecular formula is C16H11N5O2. The van der Waals surface area contributed by atoms with Gasteiger partial charge in [0.25, 0.3) is 5.56 Å². The van der Waals surface area contributed by atoms with Crippen molar-refractivity contribution in [2.24, 2.45) is 10.2 Å². The van der Waals surface area contributed by atoms with E-state index in [1.807, 2.05) is 6.07 Å². The molecule has 23 heavy (non-hydrogen) atoms. The fourth-order valence-corrected chi connectivity index (χ4v) is 2.07. The van der Waals surface area contributed by atoms with Crippen LogP contribution in [0.25, 0.3) is 11.3 Å². The van der Waals surface area contributed by atoms with E-state index in [-0.39, 0.29) is 11.4 Å². The highest BCUT2D eigenvalue weighted by atomic mass is 16.3. The van der Waals surface area contributed by atoms with E-state index in [0.717, 1.165) is 0 Å². The van der Waals surface area contributed by atoms with E-state index >= 15 is 0 Å². The standard InChI is InChI=1S/C16H11N5O2/c17-9-10-4-3-5-11(8-10)18-20-15-14(19-21-16(15)23)12-6-1-2-7-13(12)22/h1-8,22H,(H2,19,21,23). The minimum atomic E-state index is -0.455. The van der Waals surface area contributed by atoms with Crippen molar-refractivity contribution < 1.29 is 5.11 Å². The Bertz CT molecular complexity index is 978. The molecule has 0 fully saturated rings. The highest BCUT2D eigenvalue weighted by molar-refractivity contribution is 5.75. The zero-order valence-corrected chi connectivity index (χ0v) is 11.8. The number of hydrogen-bond donors (Lipinski definition) is 3. The molecule has 0 amide bonds. The lowest BCUT2D eigenvalue weighted by atomic mass is 10.1. The van der Waals surface area contributed by atoms with Gasteiger partial charge in [0, 0.05) is 5.56 Å². The minimum absolute atomic E-state index is 0.0191. The second kappa shape index (κ2) is 5.99. The van der Waals surface area contributed by atoms with E-state index in [1.165, 1.54) is 6.07 Å². The lowest BCUT2D eigenvalue weighted by molar-refractivity contribution is 0.477. The smallest absolute Gasteiger partial charge is 0.292 e. The molecule has 0 aliphatic heterocycles. The third-order valence-electron chi connectivity index (χ3n) is 3.17. The predicted molar refractivity (Wildman–Crippen MR) is 83.8 cm³/mol. The maximum absolute atomic E-state index is 11.9. The van der Waals surface area contributed by atoms with Crippen LogP contribution >= 0.6 is 0 Å². The fraction of sp³-hybridized carbons (Fsp3) is 0. The normalized spacial score (nSPS) is 10.7. The maximum Gasteiger partial charge on any atom is 0.292 e. The molecule has 0 aliphatic carbocycles. The number of aromatic hydroxyl groups is 1. The number of nitriles is 1. The van der Waals surface area contributed by atoms with Gasteiger partial charge in [0.15, 0.2) is 5.69 Å². The number of aromatic nitrogens is 2. The van der Waals surface area contributed by atoms with Gasteiger partial charge in [-0.1, -0.05) is 18.2 Å². The van der Waals surface area contributed by atoms with Gasteiger partial charge in [0.2, 0.25) is 0 Å². The number of rotatable bonds is 3. The SMILES string of the molecule is N#Cc1cccc(N=Nc2c(-c3ccccc3O)[nH][nH]c2=O)c1. The largest absolute Gasteiger partial charge is 0.507 e. The lowest BCUT2D eigenvalue weighted by Gasteiger charge is -2.01. The number of phenolic OH excluding ortho intramolecular Hbond substituents is 1. The molecule has 3 aromatic rings. The molecule has 0 unspecified atom stereocenters. The first-order valence-corrected chi connectivity index (χ1v) is 6.70. The number of phenols is 1. The van der Waals surface area contributed by atoms with Crippen molar-refractivity contribution in [3.8, 4) is 23.1 Å². The summed E-state index contributed by atoms with van der Waals surface area (Å²) in [6.45, 7) is 0. The molecular weight excluding hydrogens is 294 g/mol. The molecule has 1 heterocycles. The molecule has 1 aromatic heterocycles. The fourth-order valence-electron chi connectivity index (χ4n) is 2.07. The molecule has 3 N–H and O–H groups in total. The molecule has 0 atom stereocenters. The Labute approximate surface area is 130 Å². The molecule has 112 valence electrons. The number of benzene rings is 2. The minimum Gasteiger partial charge on any atom is -0.507 e. The average molecular weight is 305 g/mol. The van der Waals surface area contributed by atoms with Crippen LogP contribution in [0.15, 0.2) is 63.6 Å². The van der Waals surface area contributed by atoms with Gasteiger partial charge in [-0.15, -0.1) is 5.11 Å². The van der Waals surface area contributed by atoms with Crippen LogP contribution in [0.3, 0.4) is 0 Å². The van der Waals surface area contributed by atoms with Crippen LogP contribution in [-0.4, -0.2) is 15.3 Å². The third-order valence-corrected chi connectivity index (χ3v) is 3.17. The Morgan fingerprint density at radius 3 is 2.65 bits per heavy atom. The van der Waals surface area contributed by atoms with Crippen molar-refractivity contribution in [3.63, 3.8) is 0 Å². The summed E-state index contributed by atoms with van der Waals surface area (Å²) in [6, 6.07) is 15.1. The Hall–Kier alpha value is -3.66. The number of nitrogens with one attached hydrogen (secondary N) is 2. The van der Waals surface area contributed by atoms with Gasteiger partial charge in [0.05, 0.1) is 23.0 Å². The summed E-state index contributed by atoms with van der Waals surface area (Å²) < 4.78 is 0. The van der Waals surface area contributed by atoms with Crippen molar-refractivity contribution in [2.45, 2.75) is 0 Å². The van der Waals surface area contributed by atoms with Gasteiger partial charge in [-0.2, -0.15) is 10.4 Å². The van der Waals surface area contributed by atoms with Gasteiger partial charge in [-0.25, -0.2) is 0 Å². The van der Waals surface area contributed by atoms with Crippen LogP contribution in [0, 0.1) is 11.3 Å². The highest BCUT2D eigenvalue weighted by Gasteiger charge is 2.14. The van der Waals surface area contributed by atoms with Gasteiger partial charge in [-0.3, -0.25) is 15.0 Å². The van der Waals surface area contributed by atoms with Crippen molar-refractivity contribution in [3.05, 3.63) is 64.4 Å². The third kappa shape index (κ3) is 2.87. The molecule has 0 spiro atoms. The van der Waals surface area contributed by atoms with Gasteiger partial charge < -0.3 is 5.11 Å². The van der Waals surface area contributed by atoms with Crippen LogP contribution in [0.4, 0.5) is 11.4 Å². The summed E-state index contributed by atoms with van der Waals surface area (Å²) in [5, 5.41) is 31.8. The first-order valence-electron chi connectivity index (χ1n) is 6.70. The van der Waals surface area contributed by atoms with Crippen LogP contribution in [0.5, 0.6) is 5.75 Å². The Morgan fingerprint density at radius 2 is 1.87 bits per heavy atom. The summed E-state index contributed by atoms with van der Waals surface area (Å²) in [4.78, 5) is 11.9. The molecule has 0 bridgehead atoms. The van der Waals surface area contributed by atoms with Crippen molar-refractivity contribution in [1.29, 1.82) is 5.26 Å². The molecule has 2 aromatic carbocycles. The Morgan fingerprint density at radius 1 is 1.04 bits per heavy atom. The van der Waals surface area contributed by atoms with Crippen molar-refractivity contribution in [1.82, 2.24) is 10.2 Å². The van der Waals surface area contributed by atoms with E-state index in [2.05, 4.69) is 20.4 Å². The quantitative estimate of drug-likeness (QED) is 0.644. The van der Waals surface area contributed by atoms with Crippen LogP contribution in [0.2, 0.25) is 0 Å². The van der Waals surface area contributed by atoms with E-state index in [9.17, 15) is 9.90 Å². The van der Waals surface area contributed by atoms with Crippen LogP contribution in [-0.2, 0) is 0 Å². The molecule has 3 rings (SSSR count). The number of para-hydroxylation sites is 1. The van der Waals surface area contributed by atoms with Crippen LogP contribution in [0.1, 0.15) is 5.56 Å². The number of H-pyrrole nitrogens is 2. The number of azo groups is 1. The second-order valence-corrected chi connectivity index (χ2v) is 4.68. The van der Waals surface area contributed by atoms with E-state index in [1.54, 1.807) is 42.5 Å². The zero-order valence-electron chi connectivity index (χ0n) is 11.8. The summed E-state index contributed by atoms with van der Waals surface area (Å²) in [7, 11) is 0. The van der Waals surface area contributed by atoms with Crippen LogP contribution < -0.4 is 5.56 Å². The molecule has 7 nitrogen and oxygen atoms in total. The Balaban J connectivity index is 2.03. The maximum atomic E-state index is 11.9. The van der Waals surface area contributed by atoms with Gasteiger partial charge in [-0.05, 0) is 30.3 Å². The van der Waals surface area contributed by atoms with Crippen molar-refractivity contribution in [2.75, 3.05) is 0 Å². The number of aromatic amines is 2. The van der Waals surface area contributed by atoms with E-state index < -0.39 is 5.56 Å². The van der Waals surface area contributed by atoms with E-state index in [0.29, 0.717) is 22.5 Å². The predicted octanol–water partition coefficient (Wildman–Crippen LogP) is 3.36. The van der Waals surface area contributed by atoms with E-state index in [4.69, 9.17) is 5.26 Å². The topological polar surface area (TPSA) is 117 Å². The summed E-state index contributed by atoms with van der Waals surface area (Å²) in [5.41, 5.74) is 1.27. The average Bonchev–Trinajstić information content (AvgIpc) is 2.94. The lowest BCUT2D eigenvalue weighted by Crippen LogP contribution is -1.96. The first-order chi connectivity index (χ1) is 11.2. The number of hydrogen-bond acceptors (Lipinski definition) is 5. The molecule has 0 saturated carbocycles. The zero-order chi connectivity index (χ0) is 16.2. The first kappa shape index (κ1) is 14.3. The summed E-state index contributed by atoms with van der Waals surface area (Å²) >= 11 is 0. The summed E-state index contributed by atoms with van der Waals surface area (Å²) in [5.74, 6) is 0.0191. The summed E-state index contributed by atoms with van der Waals surface area (Å²) in [6.07, 6.45) is 0. The Kier molecular flexibility index (Phi) is 3.72. The molecule has 0 radical (unpaired) electrons. The molecule has 0 aliphatic rings. The van der Waals surface area contributed by atoms with Gasteiger partial charge >= 0.3 is 0 Å². The molecule has 0 saturated heterocycles. The second-order valence-electron chi connectivity index (χ2n) is 4.68. The number of nitrogens with zero attached hydrogens (tertiary/aromatic N) is 3.